The van der Waals surface area contributed by atoms with Crippen molar-refractivity contribution in [1.82, 2.24) is 5.32 Å². The summed E-state index contributed by atoms with van der Waals surface area (Å²) in [5.41, 5.74) is 4.42. The average molecular weight is 281 g/mol. The maximum atomic E-state index is 8.61. The first kappa shape index (κ1) is 14.2. The third kappa shape index (κ3) is 3.62. The van der Waals surface area contributed by atoms with Gasteiger partial charge in [0.15, 0.2) is 11.4 Å². The van der Waals surface area contributed by atoms with Gasteiger partial charge in [0.1, 0.15) is 0 Å². The van der Waals surface area contributed by atoms with E-state index in [2.05, 4.69) is 41.5 Å². The van der Waals surface area contributed by atoms with E-state index in [0.29, 0.717) is 5.17 Å². The monoisotopic (exact) mass is 281 g/mol. The highest BCUT2D eigenvalue weighted by atomic mass is 32.2. The Bertz CT molecular complexity index is 654. The molecular formula is C16H15N3S. The number of nitriles is 1. The minimum Gasteiger partial charge on any atom is -0.271 e. The Morgan fingerprint density at radius 3 is 2.50 bits per heavy atom. The van der Waals surface area contributed by atoms with Gasteiger partial charge in [0.25, 0.3) is 0 Å². The molecule has 0 fully saturated rings. The normalized spacial score (nSPS) is 10.9. The Morgan fingerprint density at radius 1 is 1.15 bits per heavy atom. The number of aryl methyl sites for hydroxylation is 1. The zero-order valence-electron chi connectivity index (χ0n) is 11.4. The highest BCUT2D eigenvalue weighted by Gasteiger charge is 1.99. The summed E-state index contributed by atoms with van der Waals surface area (Å²) in [6, 6.07) is 16.4. The third-order valence-electron chi connectivity index (χ3n) is 2.81. The molecule has 0 aliphatic heterocycles. The summed E-state index contributed by atoms with van der Waals surface area (Å²) in [5.74, 6) is 0. The predicted molar refractivity (Wildman–Crippen MR) is 86.0 cm³/mol. The number of nitrogens with zero attached hydrogens (tertiary/aromatic N) is 2. The summed E-state index contributed by atoms with van der Waals surface area (Å²) in [6.45, 7) is 2.08. The third-order valence-corrected chi connectivity index (χ3v) is 3.39. The molecule has 0 heterocycles. The van der Waals surface area contributed by atoms with Crippen molar-refractivity contribution in [2.45, 2.75) is 6.92 Å². The topological polar surface area (TPSA) is 48.2 Å². The van der Waals surface area contributed by atoms with Crippen LogP contribution in [0.1, 0.15) is 5.56 Å². The van der Waals surface area contributed by atoms with Gasteiger partial charge in [0.05, 0.1) is 5.69 Å². The predicted octanol–water partition coefficient (Wildman–Crippen LogP) is 4.08. The Hall–Kier alpha value is -2.25. The lowest BCUT2D eigenvalue weighted by molar-refractivity contribution is 1.28. The number of hydrogen-bond acceptors (Lipinski definition) is 3. The van der Waals surface area contributed by atoms with Gasteiger partial charge in [-0.3, -0.25) is 5.32 Å². The van der Waals surface area contributed by atoms with Crippen LogP contribution in [-0.4, -0.2) is 11.4 Å². The van der Waals surface area contributed by atoms with Crippen LogP contribution >= 0.6 is 11.8 Å². The van der Waals surface area contributed by atoms with Gasteiger partial charge in [-0.1, -0.05) is 53.7 Å². The number of nitrogens with one attached hydrogen (secondary N) is 1. The molecule has 0 aliphatic carbocycles. The molecule has 2 aromatic rings. The molecule has 0 spiro atoms. The first-order valence-electron chi connectivity index (χ1n) is 6.18. The van der Waals surface area contributed by atoms with Crippen molar-refractivity contribution < 1.29 is 0 Å². The number of amidine groups is 1. The Kier molecular flexibility index (Phi) is 4.80. The van der Waals surface area contributed by atoms with Crippen molar-refractivity contribution >= 4 is 22.6 Å². The molecule has 0 unspecified atom stereocenters. The SMILES string of the molecule is CSC(=Nc1ccc(-c2cccc(C)c2)cc1)NC#N. The van der Waals surface area contributed by atoms with Crippen LogP contribution in [-0.2, 0) is 0 Å². The second-order valence-electron chi connectivity index (χ2n) is 4.27. The van der Waals surface area contributed by atoms with E-state index < -0.39 is 0 Å². The summed E-state index contributed by atoms with van der Waals surface area (Å²) < 4.78 is 0. The fraction of sp³-hybridized carbons (Fsp3) is 0.125. The van der Waals surface area contributed by atoms with Gasteiger partial charge < -0.3 is 0 Å². The van der Waals surface area contributed by atoms with Crippen molar-refractivity contribution in [3.8, 4) is 17.3 Å². The molecule has 3 nitrogen and oxygen atoms in total. The van der Waals surface area contributed by atoms with Crippen LogP contribution in [0.25, 0.3) is 11.1 Å². The molecule has 0 radical (unpaired) electrons. The molecule has 0 aliphatic rings. The lowest BCUT2D eigenvalue weighted by Gasteiger charge is -2.04. The molecular weight excluding hydrogens is 266 g/mol. The molecule has 0 saturated heterocycles. The molecule has 20 heavy (non-hydrogen) atoms. The number of aliphatic imine (C=N–C) groups is 1. The summed E-state index contributed by atoms with van der Waals surface area (Å²) >= 11 is 1.41. The van der Waals surface area contributed by atoms with Crippen molar-refractivity contribution in [3.63, 3.8) is 0 Å². The van der Waals surface area contributed by atoms with E-state index in [1.165, 1.54) is 22.9 Å². The van der Waals surface area contributed by atoms with Crippen LogP contribution in [0.3, 0.4) is 0 Å². The highest BCUT2D eigenvalue weighted by Crippen LogP contribution is 2.23. The van der Waals surface area contributed by atoms with Gasteiger partial charge in [-0.2, -0.15) is 5.26 Å². The van der Waals surface area contributed by atoms with Gasteiger partial charge >= 0.3 is 0 Å². The van der Waals surface area contributed by atoms with Crippen molar-refractivity contribution in [2.24, 2.45) is 4.99 Å². The fourth-order valence-electron chi connectivity index (χ4n) is 1.84. The number of hydrogen-bond donors (Lipinski definition) is 1. The average Bonchev–Trinajstić information content (AvgIpc) is 2.47. The summed E-state index contributed by atoms with van der Waals surface area (Å²) in [7, 11) is 0. The fourth-order valence-corrected chi connectivity index (χ4v) is 2.19. The lowest BCUT2D eigenvalue weighted by atomic mass is 10.0. The molecule has 2 rings (SSSR count). The quantitative estimate of drug-likeness (QED) is 0.390. The second kappa shape index (κ2) is 6.78. The van der Waals surface area contributed by atoms with Crippen molar-refractivity contribution in [2.75, 3.05) is 6.26 Å². The Balaban J connectivity index is 2.25. The van der Waals surface area contributed by atoms with Crippen LogP contribution in [0, 0.1) is 18.4 Å². The highest BCUT2D eigenvalue weighted by molar-refractivity contribution is 8.13. The maximum Gasteiger partial charge on any atom is 0.183 e. The number of rotatable bonds is 2. The summed E-state index contributed by atoms with van der Waals surface area (Å²) in [4.78, 5) is 4.37. The zero-order chi connectivity index (χ0) is 14.4. The molecule has 0 aromatic heterocycles. The zero-order valence-corrected chi connectivity index (χ0v) is 12.2. The van der Waals surface area contributed by atoms with E-state index in [1.54, 1.807) is 0 Å². The molecule has 0 saturated carbocycles. The first-order chi connectivity index (χ1) is 9.72. The molecule has 0 bridgehead atoms. The molecule has 0 amide bonds. The molecule has 2 aromatic carbocycles. The van der Waals surface area contributed by atoms with E-state index >= 15 is 0 Å². The minimum absolute atomic E-state index is 0.593. The molecule has 100 valence electrons. The maximum absolute atomic E-state index is 8.61. The second-order valence-corrected chi connectivity index (χ2v) is 5.07. The molecule has 0 atom stereocenters. The molecule has 4 heteroatoms. The van der Waals surface area contributed by atoms with Crippen LogP contribution in [0.5, 0.6) is 0 Å². The van der Waals surface area contributed by atoms with Crippen LogP contribution < -0.4 is 5.32 Å². The van der Waals surface area contributed by atoms with Crippen LogP contribution in [0.2, 0.25) is 0 Å². The van der Waals surface area contributed by atoms with Gasteiger partial charge in [-0.15, -0.1) is 0 Å². The van der Waals surface area contributed by atoms with Crippen molar-refractivity contribution in [1.29, 1.82) is 5.26 Å². The summed E-state index contributed by atoms with van der Waals surface area (Å²) in [5, 5.41) is 11.8. The van der Waals surface area contributed by atoms with Crippen molar-refractivity contribution in [3.05, 3.63) is 54.1 Å². The first-order valence-corrected chi connectivity index (χ1v) is 7.40. The summed E-state index contributed by atoms with van der Waals surface area (Å²) in [6.07, 6.45) is 3.76. The van der Waals surface area contributed by atoms with Gasteiger partial charge in [0.2, 0.25) is 0 Å². The molecule has 1 N–H and O–H groups in total. The minimum atomic E-state index is 0.593. The number of benzene rings is 2. The van der Waals surface area contributed by atoms with E-state index in [4.69, 9.17) is 5.26 Å². The smallest absolute Gasteiger partial charge is 0.183 e. The van der Waals surface area contributed by atoms with Gasteiger partial charge in [-0.05, 0) is 36.4 Å². The van der Waals surface area contributed by atoms with E-state index in [1.807, 2.05) is 36.7 Å². The van der Waals surface area contributed by atoms with Crippen LogP contribution in [0.4, 0.5) is 5.69 Å². The van der Waals surface area contributed by atoms with E-state index in [0.717, 1.165) is 11.3 Å². The van der Waals surface area contributed by atoms with E-state index in [-0.39, 0.29) is 0 Å². The van der Waals surface area contributed by atoms with Gasteiger partial charge in [0, 0.05) is 0 Å². The number of thioether (sulfide) groups is 1. The van der Waals surface area contributed by atoms with Crippen LogP contribution in [0.15, 0.2) is 53.5 Å². The van der Waals surface area contributed by atoms with E-state index in [9.17, 15) is 0 Å². The van der Waals surface area contributed by atoms with Gasteiger partial charge in [-0.25, -0.2) is 4.99 Å². The lowest BCUT2D eigenvalue weighted by Crippen LogP contribution is -2.12. The Morgan fingerprint density at radius 2 is 1.90 bits per heavy atom. The standard InChI is InChI=1S/C16H15N3S/c1-12-4-3-5-14(10-12)13-6-8-15(9-7-13)19-16(20-2)18-11-17/h3-10H,1-2H3,(H,18,19). The largest absolute Gasteiger partial charge is 0.271 e. The Labute approximate surface area is 123 Å².